The minimum Gasteiger partial charge on any atom is -0.396 e. The highest BCUT2D eigenvalue weighted by molar-refractivity contribution is 8.24. The van der Waals surface area contributed by atoms with Crippen molar-refractivity contribution in [2.45, 2.75) is 200 Å². The summed E-state index contributed by atoms with van der Waals surface area (Å²) in [6.45, 7) is 12.5. The quantitative estimate of drug-likeness (QED) is 0.0381. The van der Waals surface area contributed by atoms with Crippen molar-refractivity contribution in [3.05, 3.63) is 0 Å². The molecule has 0 bridgehead atoms. The molecule has 0 aliphatic rings. The molecule has 0 amide bonds. The molecule has 1 N–H and O–H groups in total. The van der Waals surface area contributed by atoms with Crippen molar-refractivity contribution < 1.29 is 27.7 Å². The van der Waals surface area contributed by atoms with Crippen molar-refractivity contribution in [3.63, 3.8) is 0 Å². The lowest BCUT2D eigenvalue weighted by Gasteiger charge is -2.37. The van der Waals surface area contributed by atoms with Crippen molar-refractivity contribution in [1.82, 2.24) is 4.90 Å². The minimum atomic E-state index is -1.55. The number of ether oxygens (including phenoxy) is 2. The van der Waals surface area contributed by atoms with Gasteiger partial charge in [0.15, 0.2) is 6.29 Å². The number of hydrogen-bond acceptors (Lipinski definition) is 7. The Balaban J connectivity index is 0. The van der Waals surface area contributed by atoms with Crippen LogP contribution >= 0.6 is 10.6 Å². The molecule has 1 unspecified atom stereocenters. The number of nitrogens with zero attached hydrogens (tertiary/aromatic N) is 1. The Kier molecular flexibility index (Phi) is 44.8. The van der Waals surface area contributed by atoms with Crippen molar-refractivity contribution in [3.8, 4) is 0 Å². The van der Waals surface area contributed by atoms with Gasteiger partial charge in [0.2, 0.25) is 0 Å². The second kappa shape index (κ2) is 43.2. The molecule has 0 aromatic carbocycles. The molecule has 0 aromatic heterocycles. The highest BCUT2D eigenvalue weighted by Gasteiger charge is 2.14. The van der Waals surface area contributed by atoms with E-state index in [9.17, 15) is 4.79 Å². The first-order chi connectivity index (χ1) is 24.4. The van der Waals surface area contributed by atoms with Crippen LogP contribution in [0, 0.1) is 0 Å². The molecule has 0 aromatic rings. The standard InChI is InChI=1S/C30H63NO5S.C12H26O/c1-5-6-7-8-9-10-14-21-28-34-30(2)36-37(3,4)35-29-22-15-12-17-24-31(25-18-20-27-33)23-16-11-13-19-26-32;1-3-4-5-6-7-8-9-10-11-12-13-2/h26,30,33H,5-25,27-29H2,1-4H3;3-12H2,1-2H3. The summed E-state index contributed by atoms with van der Waals surface area (Å²) in [5.74, 6) is 0. The van der Waals surface area contributed by atoms with Crippen LogP contribution in [0.2, 0.25) is 0 Å². The van der Waals surface area contributed by atoms with E-state index >= 15 is 0 Å². The Hall–Kier alpha value is -0.220. The molecule has 0 saturated carbocycles. The van der Waals surface area contributed by atoms with Crippen LogP contribution in [0.3, 0.4) is 0 Å². The van der Waals surface area contributed by atoms with Gasteiger partial charge in [-0.05, 0) is 77.9 Å². The lowest BCUT2D eigenvalue weighted by molar-refractivity contribution is -0.107. The third kappa shape index (κ3) is 43.9. The van der Waals surface area contributed by atoms with Crippen LogP contribution in [0.5, 0.6) is 0 Å². The van der Waals surface area contributed by atoms with E-state index in [-0.39, 0.29) is 12.9 Å². The van der Waals surface area contributed by atoms with Gasteiger partial charge in [0.05, 0.1) is 6.61 Å². The first kappa shape index (κ1) is 51.9. The van der Waals surface area contributed by atoms with Crippen LogP contribution in [0.15, 0.2) is 0 Å². The van der Waals surface area contributed by atoms with Crippen molar-refractivity contribution >= 4 is 16.9 Å². The van der Waals surface area contributed by atoms with Crippen LogP contribution in [0.4, 0.5) is 0 Å². The van der Waals surface area contributed by atoms with Gasteiger partial charge in [0.25, 0.3) is 0 Å². The van der Waals surface area contributed by atoms with Gasteiger partial charge in [-0.2, -0.15) is 10.6 Å². The van der Waals surface area contributed by atoms with Crippen LogP contribution in [-0.2, 0) is 22.6 Å². The van der Waals surface area contributed by atoms with E-state index < -0.39 is 10.6 Å². The molecular formula is C42H89NO6S. The number of aliphatic hydroxyl groups excluding tert-OH is 1. The molecule has 0 aliphatic heterocycles. The lowest BCUT2D eigenvalue weighted by Crippen LogP contribution is -2.27. The summed E-state index contributed by atoms with van der Waals surface area (Å²) in [7, 11) is 0.230. The van der Waals surface area contributed by atoms with E-state index in [0.717, 1.165) is 90.7 Å². The SMILES string of the molecule is CCCCCCCCCCCOC.CCCCCCCCCCOC(C)OS(C)(C)OCCCCCCN(CCCCO)CCCCCC=O. The van der Waals surface area contributed by atoms with Gasteiger partial charge in [0, 0.05) is 45.9 Å². The monoisotopic (exact) mass is 736 g/mol. The molecule has 304 valence electrons. The summed E-state index contributed by atoms with van der Waals surface area (Å²) in [5, 5.41) is 9.07. The number of hydrogen-bond donors (Lipinski definition) is 1. The molecule has 7 nitrogen and oxygen atoms in total. The number of carbonyl (C=O) groups excluding carboxylic acids is 1. The summed E-state index contributed by atoms with van der Waals surface area (Å²) in [4.78, 5) is 13.0. The Labute approximate surface area is 314 Å². The minimum absolute atomic E-state index is 0.218. The molecule has 0 aliphatic carbocycles. The highest BCUT2D eigenvalue weighted by Crippen LogP contribution is 2.44. The number of carbonyl (C=O) groups is 1. The second-order valence-electron chi connectivity index (χ2n) is 14.5. The molecule has 0 radical (unpaired) electrons. The normalized spacial score (nSPS) is 12.6. The molecule has 50 heavy (non-hydrogen) atoms. The maximum atomic E-state index is 10.5. The number of methoxy groups -OCH3 is 1. The third-order valence-electron chi connectivity index (χ3n) is 9.08. The number of rotatable bonds is 40. The number of aliphatic hydroxyl groups is 1. The maximum Gasteiger partial charge on any atom is 0.177 e. The zero-order valence-corrected chi connectivity index (χ0v) is 35.4. The number of aldehydes is 1. The van der Waals surface area contributed by atoms with Gasteiger partial charge >= 0.3 is 0 Å². The van der Waals surface area contributed by atoms with E-state index in [1.165, 1.54) is 122 Å². The van der Waals surface area contributed by atoms with Crippen LogP contribution in [-0.4, -0.2) is 88.3 Å². The van der Waals surface area contributed by atoms with Crippen molar-refractivity contribution in [1.29, 1.82) is 0 Å². The van der Waals surface area contributed by atoms with Gasteiger partial charge in [-0.1, -0.05) is 129 Å². The molecule has 0 saturated heterocycles. The summed E-state index contributed by atoms with van der Waals surface area (Å²) < 4.78 is 23.0. The Morgan fingerprint density at radius 1 is 0.580 bits per heavy atom. The summed E-state index contributed by atoms with van der Waals surface area (Å²) in [6, 6.07) is 0. The highest BCUT2D eigenvalue weighted by atomic mass is 32.3. The van der Waals surface area contributed by atoms with Gasteiger partial charge in [-0.25, -0.2) is 0 Å². The van der Waals surface area contributed by atoms with E-state index in [2.05, 4.69) is 31.3 Å². The van der Waals surface area contributed by atoms with Crippen LogP contribution in [0.1, 0.15) is 194 Å². The fourth-order valence-electron chi connectivity index (χ4n) is 6.00. The zero-order valence-electron chi connectivity index (χ0n) is 34.5. The van der Waals surface area contributed by atoms with Crippen molar-refractivity contribution in [2.24, 2.45) is 0 Å². The fraction of sp³-hybridized carbons (Fsp3) is 0.976. The zero-order chi connectivity index (χ0) is 37.2. The smallest absolute Gasteiger partial charge is 0.177 e. The van der Waals surface area contributed by atoms with Crippen LogP contribution in [0.25, 0.3) is 0 Å². The third-order valence-corrected chi connectivity index (χ3v) is 10.6. The van der Waals surface area contributed by atoms with E-state index in [0.29, 0.717) is 6.42 Å². The fourth-order valence-corrected chi connectivity index (χ4v) is 7.28. The predicted octanol–water partition coefficient (Wildman–Crippen LogP) is 12.0. The molecular weight excluding hydrogens is 647 g/mol. The summed E-state index contributed by atoms with van der Waals surface area (Å²) in [6.07, 6.45) is 38.4. The molecule has 0 rings (SSSR count). The first-order valence-corrected chi connectivity index (χ1v) is 23.6. The molecule has 0 fully saturated rings. The van der Waals surface area contributed by atoms with Gasteiger partial charge in [0.1, 0.15) is 6.29 Å². The molecule has 1 atom stereocenters. The predicted molar refractivity (Wildman–Crippen MR) is 219 cm³/mol. The number of unbranched alkanes of at least 4 members (excludes halogenated alkanes) is 22. The summed E-state index contributed by atoms with van der Waals surface area (Å²) >= 11 is 0. The average molecular weight is 736 g/mol. The largest absolute Gasteiger partial charge is 0.396 e. The Bertz CT molecular complexity index is 631. The maximum absolute atomic E-state index is 10.5. The van der Waals surface area contributed by atoms with Gasteiger partial charge in [-0.15, -0.1) is 0 Å². The second-order valence-corrected chi connectivity index (χ2v) is 17.2. The van der Waals surface area contributed by atoms with Crippen molar-refractivity contribution in [2.75, 3.05) is 65.7 Å². The topological polar surface area (TPSA) is 77.5 Å². The van der Waals surface area contributed by atoms with E-state index in [1.807, 2.05) is 6.92 Å². The molecule has 8 heteroatoms. The van der Waals surface area contributed by atoms with Crippen LogP contribution < -0.4 is 0 Å². The lowest BCUT2D eigenvalue weighted by atomic mass is 10.1. The Morgan fingerprint density at radius 2 is 1.00 bits per heavy atom. The molecule has 0 spiro atoms. The molecule has 0 heterocycles. The first-order valence-electron chi connectivity index (χ1n) is 21.3. The van der Waals surface area contributed by atoms with E-state index in [4.69, 9.17) is 22.9 Å². The average Bonchev–Trinajstić information content (AvgIpc) is 3.09. The van der Waals surface area contributed by atoms with Gasteiger partial charge < -0.3 is 24.3 Å². The van der Waals surface area contributed by atoms with E-state index in [1.54, 1.807) is 7.11 Å². The Morgan fingerprint density at radius 3 is 1.48 bits per heavy atom. The van der Waals surface area contributed by atoms with Gasteiger partial charge in [-0.3, -0.25) is 8.37 Å². The summed E-state index contributed by atoms with van der Waals surface area (Å²) in [5.41, 5.74) is 0.